The molecule has 1 saturated heterocycles. The minimum absolute atomic E-state index is 0. The van der Waals surface area contributed by atoms with Crippen LogP contribution in [0.15, 0.2) is 17.5 Å². The molecule has 0 saturated carbocycles. The number of piperazine rings is 1. The van der Waals surface area contributed by atoms with Crippen LogP contribution in [0.5, 0.6) is 0 Å². The highest BCUT2D eigenvalue weighted by Crippen LogP contribution is 2.13. The maximum Gasteiger partial charge on any atom is 0.222 e. The van der Waals surface area contributed by atoms with Gasteiger partial charge in [0.05, 0.1) is 0 Å². The summed E-state index contributed by atoms with van der Waals surface area (Å²) in [4.78, 5) is 15.3. The molecule has 1 aromatic heterocycles. The lowest BCUT2D eigenvalue weighted by molar-refractivity contribution is -0.131. The molecule has 0 unspecified atom stereocenters. The van der Waals surface area contributed by atoms with Crippen molar-refractivity contribution < 1.29 is 4.79 Å². The fourth-order valence-corrected chi connectivity index (χ4v) is 3.03. The maximum absolute atomic E-state index is 11.9. The van der Waals surface area contributed by atoms with Gasteiger partial charge in [-0.15, -0.1) is 23.7 Å². The molecule has 2 rings (SSSR count). The lowest BCUT2D eigenvalue weighted by Gasteiger charge is -2.27. The first-order chi connectivity index (χ1) is 8.86. The Morgan fingerprint density at radius 2 is 2.05 bits per heavy atom. The summed E-state index contributed by atoms with van der Waals surface area (Å²) in [5.74, 6) is 0.340. The third-order valence-corrected chi connectivity index (χ3v) is 4.30. The zero-order valence-electron chi connectivity index (χ0n) is 11.3. The molecule has 1 amide bonds. The van der Waals surface area contributed by atoms with Gasteiger partial charge < -0.3 is 10.2 Å². The van der Waals surface area contributed by atoms with Gasteiger partial charge >= 0.3 is 0 Å². The normalized spacial score (nSPS) is 15.1. The molecule has 5 heteroatoms. The third kappa shape index (κ3) is 5.93. The number of amides is 1. The minimum atomic E-state index is 0. The standard InChI is InChI=1S/C14H22N2OS.ClH/c17-14(16-10-8-15-9-11-16)7-3-1-2-5-13-6-4-12-18-13;/h4,6,12,15H,1-3,5,7-11H2;1H. The van der Waals surface area contributed by atoms with Crippen molar-refractivity contribution in [1.82, 2.24) is 10.2 Å². The van der Waals surface area contributed by atoms with E-state index in [1.807, 2.05) is 16.2 Å². The minimum Gasteiger partial charge on any atom is -0.340 e. The molecular weight excluding hydrogens is 280 g/mol. The number of thiophene rings is 1. The molecule has 108 valence electrons. The fourth-order valence-electron chi connectivity index (χ4n) is 2.28. The van der Waals surface area contributed by atoms with Crippen LogP contribution in [0.4, 0.5) is 0 Å². The zero-order chi connectivity index (χ0) is 12.6. The van der Waals surface area contributed by atoms with E-state index in [9.17, 15) is 4.79 Å². The number of rotatable bonds is 6. The van der Waals surface area contributed by atoms with Gasteiger partial charge in [0.2, 0.25) is 5.91 Å². The summed E-state index contributed by atoms with van der Waals surface area (Å²) in [6, 6.07) is 4.30. The highest BCUT2D eigenvalue weighted by atomic mass is 35.5. The molecule has 1 aromatic rings. The van der Waals surface area contributed by atoms with E-state index in [2.05, 4.69) is 22.8 Å². The highest BCUT2D eigenvalue weighted by Gasteiger charge is 2.14. The maximum atomic E-state index is 11.9. The molecule has 0 spiro atoms. The largest absolute Gasteiger partial charge is 0.340 e. The van der Waals surface area contributed by atoms with E-state index in [-0.39, 0.29) is 12.4 Å². The van der Waals surface area contributed by atoms with Gasteiger partial charge in [-0.25, -0.2) is 0 Å². The van der Waals surface area contributed by atoms with Crippen molar-refractivity contribution >= 4 is 29.7 Å². The number of unbranched alkanes of at least 4 members (excludes halogenated alkanes) is 2. The molecule has 1 aliphatic heterocycles. The second kappa shape index (κ2) is 9.34. The number of hydrogen-bond acceptors (Lipinski definition) is 3. The van der Waals surface area contributed by atoms with E-state index in [1.54, 1.807) is 0 Å². The van der Waals surface area contributed by atoms with E-state index in [0.717, 1.165) is 45.4 Å². The summed E-state index contributed by atoms with van der Waals surface area (Å²) in [7, 11) is 0. The van der Waals surface area contributed by atoms with Crippen LogP contribution >= 0.6 is 23.7 Å². The van der Waals surface area contributed by atoms with Gasteiger partial charge in [-0.1, -0.05) is 12.5 Å². The topological polar surface area (TPSA) is 32.3 Å². The van der Waals surface area contributed by atoms with E-state index in [4.69, 9.17) is 0 Å². The average molecular weight is 303 g/mol. The Morgan fingerprint density at radius 1 is 1.26 bits per heavy atom. The molecule has 0 radical (unpaired) electrons. The molecule has 0 bridgehead atoms. The number of carbonyl (C=O) groups excluding carboxylic acids is 1. The van der Waals surface area contributed by atoms with Crippen LogP contribution in [0.1, 0.15) is 30.6 Å². The Labute approximate surface area is 125 Å². The summed E-state index contributed by atoms with van der Waals surface area (Å²) in [6.45, 7) is 3.66. The molecule has 0 aromatic carbocycles. The molecule has 1 N–H and O–H groups in total. The van der Waals surface area contributed by atoms with Gasteiger partial charge in [0.1, 0.15) is 0 Å². The summed E-state index contributed by atoms with van der Waals surface area (Å²) in [5.41, 5.74) is 0. The van der Waals surface area contributed by atoms with Crippen LogP contribution in [0.3, 0.4) is 0 Å². The monoisotopic (exact) mass is 302 g/mol. The first kappa shape index (κ1) is 16.5. The summed E-state index contributed by atoms with van der Waals surface area (Å²) >= 11 is 1.83. The summed E-state index contributed by atoms with van der Waals surface area (Å²) in [5, 5.41) is 5.40. The third-order valence-electron chi connectivity index (χ3n) is 3.36. The van der Waals surface area contributed by atoms with Crippen molar-refractivity contribution in [3.8, 4) is 0 Å². The lowest BCUT2D eigenvalue weighted by atomic mass is 10.1. The van der Waals surface area contributed by atoms with Crippen LogP contribution in [-0.2, 0) is 11.2 Å². The zero-order valence-corrected chi connectivity index (χ0v) is 12.9. The van der Waals surface area contributed by atoms with Gasteiger partial charge in [0.25, 0.3) is 0 Å². The number of hydrogen-bond donors (Lipinski definition) is 1. The van der Waals surface area contributed by atoms with Crippen molar-refractivity contribution in [2.24, 2.45) is 0 Å². The smallest absolute Gasteiger partial charge is 0.222 e. The van der Waals surface area contributed by atoms with E-state index >= 15 is 0 Å². The van der Waals surface area contributed by atoms with Crippen LogP contribution in [0.2, 0.25) is 0 Å². The molecule has 1 aliphatic rings. The van der Waals surface area contributed by atoms with E-state index in [0.29, 0.717) is 5.91 Å². The molecule has 3 nitrogen and oxygen atoms in total. The Balaban J connectivity index is 0.00000180. The number of halogens is 1. The van der Waals surface area contributed by atoms with Crippen LogP contribution in [0, 0.1) is 0 Å². The van der Waals surface area contributed by atoms with Crippen molar-refractivity contribution in [1.29, 1.82) is 0 Å². The molecule has 0 aliphatic carbocycles. The molecular formula is C14H23ClN2OS. The molecule has 19 heavy (non-hydrogen) atoms. The van der Waals surface area contributed by atoms with E-state index in [1.165, 1.54) is 17.7 Å². The van der Waals surface area contributed by atoms with Crippen molar-refractivity contribution in [3.05, 3.63) is 22.4 Å². The Hall–Kier alpha value is -0.580. The van der Waals surface area contributed by atoms with Crippen LogP contribution in [-0.4, -0.2) is 37.0 Å². The van der Waals surface area contributed by atoms with Gasteiger partial charge in [-0.05, 0) is 30.7 Å². The number of carbonyl (C=O) groups is 1. The number of aryl methyl sites for hydroxylation is 1. The molecule has 0 atom stereocenters. The van der Waals surface area contributed by atoms with Crippen molar-refractivity contribution in [3.63, 3.8) is 0 Å². The molecule has 1 fully saturated rings. The van der Waals surface area contributed by atoms with Gasteiger partial charge in [-0.2, -0.15) is 0 Å². The number of nitrogens with zero attached hydrogens (tertiary/aromatic N) is 1. The second-order valence-corrected chi connectivity index (χ2v) is 5.80. The van der Waals surface area contributed by atoms with Crippen LogP contribution < -0.4 is 5.32 Å². The van der Waals surface area contributed by atoms with Crippen LogP contribution in [0.25, 0.3) is 0 Å². The fraction of sp³-hybridized carbons (Fsp3) is 0.643. The predicted molar refractivity (Wildman–Crippen MR) is 83.2 cm³/mol. The van der Waals surface area contributed by atoms with Gasteiger partial charge in [0.15, 0.2) is 0 Å². The van der Waals surface area contributed by atoms with Gasteiger partial charge in [0, 0.05) is 37.5 Å². The van der Waals surface area contributed by atoms with Crippen molar-refractivity contribution in [2.45, 2.75) is 32.1 Å². The second-order valence-electron chi connectivity index (χ2n) is 4.77. The highest BCUT2D eigenvalue weighted by molar-refractivity contribution is 7.09. The number of nitrogens with one attached hydrogen (secondary N) is 1. The summed E-state index contributed by atoms with van der Waals surface area (Å²) in [6.07, 6.45) is 5.29. The Kier molecular flexibility index (Phi) is 8.10. The SMILES string of the molecule is Cl.O=C(CCCCCc1cccs1)N1CCNCC1. The van der Waals surface area contributed by atoms with E-state index < -0.39 is 0 Å². The van der Waals surface area contributed by atoms with Gasteiger partial charge in [-0.3, -0.25) is 4.79 Å². The first-order valence-electron chi connectivity index (χ1n) is 6.87. The predicted octanol–water partition coefficient (Wildman–Crippen LogP) is 2.70. The van der Waals surface area contributed by atoms with Crippen molar-refractivity contribution in [2.75, 3.05) is 26.2 Å². The Bertz CT molecular complexity index is 350. The quantitative estimate of drug-likeness (QED) is 0.820. The average Bonchev–Trinajstić information content (AvgIpc) is 2.92. The lowest BCUT2D eigenvalue weighted by Crippen LogP contribution is -2.46. The summed E-state index contributed by atoms with van der Waals surface area (Å²) < 4.78 is 0. The first-order valence-corrected chi connectivity index (χ1v) is 7.75. The molecule has 2 heterocycles. The Morgan fingerprint density at radius 3 is 2.74 bits per heavy atom.